The number of ether oxygens (including phenoxy) is 2. The number of alkyl halides is 3. The van der Waals surface area contributed by atoms with Crippen molar-refractivity contribution in [2.75, 3.05) is 26.4 Å². The van der Waals surface area contributed by atoms with Crippen LogP contribution in [0.2, 0.25) is 0 Å². The van der Waals surface area contributed by atoms with E-state index in [0.29, 0.717) is 24.4 Å². The average Bonchev–Trinajstić information content (AvgIpc) is 2.30. The first kappa shape index (κ1) is 15.7. The SMILES string of the molecule is Cc1ccc(OCCOCC(F)(F)F)c(CCN)n1. The summed E-state index contributed by atoms with van der Waals surface area (Å²) in [6.07, 6.45) is -3.75. The van der Waals surface area contributed by atoms with Gasteiger partial charge in [-0.3, -0.25) is 4.98 Å². The normalized spacial score (nSPS) is 11.6. The van der Waals surface area contributed by atoms with Crippen LogP contribution in [0, 0.1) is 6.92 Å². The van der Waals surface area contributed by atoms with Crippen LogP contribution in [0.1, 0.15) is 11.4 Å². The molecule has 0 bridgehead atoms. The summed E-state index contributed by atoms with van der Waals surface area (Å²) < 4.78 is 45.3. The Bertz CT molecular complexity index is 397. The molecule has 0 amide bonds. The Morgan fingerprint density at radius 2 is 2.00 bits per heavy atom. The Morgan fingerprint density at radius 1 is 1.26 bits per heavy atom. The fourth-order valence-corrected chi connectivity index (χ4v) is 1.44. The van der Waals surface area contributed by atoms with Crippen molar-refractivity contribution >= 4 is 0 Å². The topological polar surface area (TPSA) is 57.4 Å². The van der Waals surface area contributed by atoms with Gasteiger partial charge >= 0.3 is 6.18 Å². The molecule has 0 saturated carbocycles. The van der Waals surface area contributed by atoms with Gasteiger partial charge in [-0.05, 0) is 25.6 Å². The second kappa shape index (κ2) is 7.30. The van der Waals surface area contributed by atoms with Crippen molar-refractivity contribution < 1.29 is 22.6 Å². The minimum absolute atomic E-state index is 0.0401. The van der Waals surface area contributed by atoms with Crippen molar-refractivity contribution in [3.63, 3.8) is 0 Å². The Hall–Kier alpha value is -1.34. The zero-order valence-corrected chi connectivity index (χ0v) is 10.7. The van der Waals surface area contributed by atoms with E-state index in [1.165, 1.54) is 0 Å². The molecule has 4 nitrogen and oxygen atoms in total. The molecule has 1 aromatic heterocycles. The van der Waals surface area contributed by atoms with E-state index in [1.807, 2.05) is 6.92 Å². The van der Waals surface area contributed by atoms with Crippen LogP contribution in [0.25, 0.3) is 0 Å². The van der Waals surface area contributed by atoms with Gasteiger partial charge in [0.2, 0.25) is 0 Å². The number of nitrogens with two attached hydrogens (primary N) is 1. The summed E-state index contributed by atoms with van der Waals surface area (Å²) in [4.78, 5) is 4.28. The predicted octanol–water partition coefficient (Wildman–Crippen LogP) is 1.85. The van der Waals surface area contributed by atoms with E-state index in [-0.39, 0.29) is 13.2 Å². The van der Waals surface area contributed by atoms with Crippen LogP contribution in [0.5, 0.6) is 5.75 Å². The molecule has 1 aromatic rings. The number of pyridine rings is 1. The Kier molecular flexibility index (Phi) is 6.04. The van der Waals surface area contributed by atoms with Gasteiger partial charge in [0.05, 0.1) is 12.3 Å². The van der Waals surface area contributed by atoms with Gasteiger partial charge in [0.1, 0.15) is 19.0 Å². The van der Waals surface area contributed by atoms with Crippen molar-refractivity contribution in [3.05, 3.63) is 23.5 Å². The summed E-state index contributed by atoms with van der Waals surface area (Å²) in [7, 11) is 0. The van der Waals surface area contributed by atoms with Crippen LogP contribution in [-0.4, -0.2) is 37.5 Å². The first-order valence-electron chi connectivity index (χ1n) is 5.86. The molecule has 108 valence electrons. The van der Waals surface area contributed by atoms with Crippen LogP contribution in [0.4, 0.5) is 13.2 Å². The maximum Gasteiger partial charge on any atom is 0.411 e. The molecule has 0 radical (unpaired) electrons. The summed E-state index contributed by atoms with van der Waals surface area (Å²) in [5, 5.41) is 0. The van der Waals surface area contributed by atoms with E-state index in [2.05, 4.69) is 9.72 Å². The average molecular weight is 278 g/mol. The lowest BCUT2D eigenvalue weighted by atomic mass is 10.2. The first-order valence-corrected chi connectivity index (χ1v) is 5.86. The molecule has 0 spiro atoms. The third-order valence-corrected chi connectivity index (χ3v) is 2.20. The summed E-state index contributed by atoms with van der Waals surface area (Å²) >= 11 is 0. The molecule has 1 heterocycles. The van der Waals surface area contributed by atoms with Crippen LogP contribution in [0.3, 0.4) is 0 Å². The molecule has 1 rings (SSSR count). The van der Waals surface area contributed by atoms with Gasteiger partial charge in [-0.25, -0.2) is 0 Å². The zero-order chi connectivity index (χ0) is 14.3. The molecule has 0 aliphatic rings. The summed E-state index contributed by atoms with van der Waals surface area (Å²) in [6, 6.07) is 3.50. The van der Waals surface area contributed by atoms with Gasteiger partial charge < -0.3 is 15.2 Å². The van der Waals surface area contributed by atoms with Crippen LogP contribution in [-0.2, 0) is 11.2 Å². The Labute approximate surface area is 109 Å². The molecule has 0 saturated heterocycles. The fraction of sp³-hybridized carbons (Fsp3) is 0.583. The van der Waals surface area contributed by atoms with Crippen molar-refractivity contribution in [1.29, 1.82) is 0 Å². The van der Waals surface area contributed by atoms with E-state index in [4.69, 9.17) is 10.5 Å². The summed E-state index contributed by atoms with van der Waals surface area (Å²) in [5.74, 6) is 0.534. The molecule has 7 heteroatoms. The minimum Gasteiger partial charge on any atom is -0.489 e. The molecule has 0 aromatic carbocycles. The second-order valence-electron chi connectivity index (χ2n) is 3.95. The number of hydrogen-bond acceptors (Lipinski definition) is 4. The largest absolute Gasteiger partial charge is 0.489 e. The maximum atomic E-state index is 11.8. The molecule has 0 aliphatic heterocycles. The van der Waals surface area contributed by atoms with Gasteiger partial charge in [0.25, 0.3) is 0 Å². The van der Waals surface area contributed by atoms with Crippen molar-refractivity contribution in [3.8, 4) is 5.75 Å². The highest BCUT2D eigenvalue weighted by atomic mass is 19.4. The third kappa shape index (κ3) is 6.40. The molecule has 2 N–H and O–H groups in total. The van der Waals surface area contributed by atoms with Gasteiger partial charge in [0, 0.05) is 12.1 Å². The monoisotopic (exact) mass is 278 g/mol. The Morgan fingerprint density at radius 3 is 2.63 bits per heavy atom. The minimum atomic E-state index is -4.31. The number of aromatic nitrogens is 1. The molecule has 0 atom stereocenters. The highest BCUT2D eigenvalue weighted by molar-refractivity contribution is 5.29. The third-order valence-electron chi connectivity index (χ3n) is 2.20. The second-order valence-corrected chi connectivity index (χ2v) is 3.95. The highest BCUT2D eigenvalue weighted by Crippen LogP contribution is 2.17. The van der Waals surface area contributed by atoms with Gasteiger partial charge in [-0.2, -0.15) is 13.2 Å². The number of hydrogen-bond donors (Lipinski definition) is 1. The number of halogens is 3. The molecule has 0 fully saturated rings. The fourth-order valence-electron chi connectivity index (χ4n) is 1.44. The van der Waals surface area contributed by atoms with Crippen LogP contribution < -0.4 is 10.5 Å². The molecule has 0 unspecified atom stereocenters. The van der Waals surface area contributed by atoms with Gasteiger partial charge in [-0.1, -0.05) is 0 Å². The van der Waals surface area contributed by atoms with E-state index < -0.39 is 12.8 Å². The summed E-state index contributed by atoms with van der Waals surface area (Å²) in [5.41, 5.74) is 7.00. The van der Waals surface area contributed by atoms with Crippen molar-refractivity contribution in [2.24, 2.45) is 5.73 Å². The standard InChI is InChI=1S/C12H17F3N2O2/c1-9-2-3-11(10(17-9)4-5-16)19-7-6-18-8-12(13,14)15/h2-3H,4-8,16H2,1H3. The van der Waals surface area contributed by atoms with Crippen LogP contribution >= 0.6 is 0 Å². The van der Waals surface area contributed by atoms with E-state index in [0.717, 1.165) is 5.69 Å². The summed E-state index contributed by atoms with van der Waals surface area (Å²) in [6.45, 7) is 0.916. The van der Waals surface area contributed by atoms with Crippen molar-refractivity contribution in [1.82, 2.24) is 4.98 Å². The number of nitrogens with zero attached hydrogens (tertiary/aromatic N) is 1. The molecule has 19 heavy (non-hydrogen) atoms. The smallest absolute Gasteiger partial charge is 0.411 e. The lowest BCUT2D eigenvalue weighted by Gasteiger charge is -2.12. The van der Waals surface area contributed by atoms with Crippen LogP contribution in [0.15, 0.2) is 12.1 Å². The Balaban J connectivity index is 2.40. The highest BCUT2D eigenvalue weighted by Gasteiger charge is 2.27. The predicted molar refractivity (Wildman–Crippen MR) is 64.1 cm³/mol. The molecule has 0 aliphatic carbocycles. The van der Waals surface area contributed by atoms with E-state index >= 15 is 0 Å². The first-order chi connectivity index (χ1) is 8.92. The number of rotatable bonds is 7. The molecular formula is C12H17F3N2O2. The molecular weight excluding hydrogens is 261 g/mol. The lowest BCUT2D eigenvalue weighted by Crippen LogP contribution is -2.19. The van der Waals surface area contributed by atoms with Crippen molar-refractivity contribution in [2.45, 2.75) is 19.5 Å². The lowest BCUT2D eigenvalue weighted by molar-refractivity contribution is -0.175. The quantitative estimate of drug-likeness (QED) is 0.773. The number of aryl methyl sites for hydroxylation is 1. The van der Waals surface area contributed by atoms with Gasteiger partial charge in [-0.15, -0.1) is 0 Å². The maximum absolute atomic E-state index is 11.8. The van der Waals surface area contributed by atoms with E-state index in [1.54, 1.807) is 12.1 Å². The van der Waals surface area contributed by atoms with E-state index in [9.17, 15) is 13.2 Å². The zero-order valence-electron chi connectivity index (χ0n) is 10.7. The van der Waals surface area contributed by atoms with Gasteiger partial charge in [0.15, 0.2) is 0 Å².